The summed E-state index contributed by atoms with van der Waals surface area (Å²) in [5.74, 6) is 0.806. The number of allylic oxidation sites excluding steroid dienone is 2. The van der Waals surface area contributed by atoms with Crippen LogP contribution < -0.4 is 5.32 Å². The van der Waals surface area contributed by atoms with E-state index in [1.165, 1.54) is 5.56 Å². The molecule has 3 unspecified atom stereocenters. The molecule has 22 heavy (non-hydrogen) atoms. The molecule has 1 heterocycles. The van der Waals surface area contributed by atoms with Crippen molar-refractivity contribution in [2.45, 2.75) is 18.4 Å². The van der Waals surface area contributed by atoms with Crippen molar-refractivity contribution in [1.82, 2.24) is 0 Å². The van der Waals surface area contributed by atoms with Crippen LogP contribution in [0.15, 0.2) is 53.0 Å². The Labute approximate surface area is 148 Å². The lowest BCUT2D eigenvalue weighted by Gasteiger charge is -2.38. The maximum atomic E-state index is 6.46. The number of nitrogens with one attached hydrogen (secondary N) is 1. The summed E-state index contributed by atoms with van der Waals surface area (Å²) in [7, 11) is 0. The topological polar surface area (TPSA) is 12.0 Å². The van der Waals surface area contributed by atoms with Crippen LogP contribution in [0, 0.1) is 5.92 Å². The molecule has 0 fully saturated rings. The highest BCUT2D eigenvalue weighted by Gasteiger charge is 2.39. The SMILES string of the molecule is Clc1ccc(Cl)c2c1NC(c1ccc(Br)cc1)C1CC=CC21. The molecule has 4 heteroatoms. The van der Waals surface area contributed by atoms with E-state index < -0.39 is 0 Å². The Hall–Kier alpha value is -0.960. The Morgan fingerprint density at radius 2 is 1.73 bits per heavy atom. The zero-order valence-electron chi connectivity index (χ0n) is 11.7. The van der Waals surface area contributed by atoms with E-state index >= 15 is 0 Å². The summed E-state index contributed by atoms with van der Waals surface area (Å²) >= 11 is 16.4. The zero-order chi connectivity index (χ0) is 15.3. The number of rotatable bonds is 1. The molecule has 0 spiro atoms. The molecule has 2 aliphatic rings. The van der Waals surface area contributed by atoms with Gasteiger partial charge < -0.3 is 5.32 Å². The van der Waals surface area contributed by atoms with E-state index in [1.54, 1.807) is 0 Å². The van der Waals surface area contributed by atoms with Gasteiger partial charge in [-0.1, -0.05) is 63.4 Å². The van der Waals surface area contributed by atoms with Gasteiger partial charge in [0, 0.05) is 21.0 Å². The summed E-state index contributed by atoms with van der Waals surface area (Å²) in [4.78, 5) is 0. The fourth-order valence-corrected chi connectivity index (χ4v) is 4.40. The number of anilines is 1. The Morgan fingerprint density at radius 3 is 2.50 bits per heavy atom. The van der Waals surface area contributed by atoms with E-state index in [1.807, 2.05) is 12.1 Å². The molecule has 4 rings (SSSR count). The Kier molecular flexibility index (Phi) is 3.72. The molecular formula is C18H14BrCl2N. The third-order valence-corrected chi connectivity index (χ3v) is 5.82. The minimum absolute atomic E-state index is 0.247. The van der Waals surface area contributed by atoms with E-state index in [0.29, 0.717) is 11.8 Å². The summed E-state index contributed by atoms with van der Waals surface area (Å²) in [5.41, 5.74) is 3.40. The highest BCUT2D eigenvalue weighted by atomic mass is 79.9. The maximum absolute atomic E-state index is 6.46. The van der Waals surface area contributed by atoms with Crippen molar-refractivity contribution in [3.8, 4) is 0 Å². The van der Waals surface area contributed by atoms with Crippen LogP contribution in [0.4, 0.5) is 5.69 Å². The van der Waals surface area contributed by atoms with Crippen molar-refractivity contribution in [2.75, 3.05) is 5.32 Å². The quantitative estimate of drug-likeness (QED) is 0.538. The molecule has 0 aromatic heterocycles. The Morgan fingerprint density at radius 1 is 1.00 bits per heavy atom. The van der Waals surface area contributed by atoms with Gasteiger partial charge in [-0.15, -0.1) is 0 Å². The second-order valence-electron chi connectivity index (χ2n) is 5.84. The standard InChI is InChI=1S/C18H14BrCl2N/c19-11-6-4-10(5-7-11)17-13-3-1-2-12(13)16-14(20)8-9-15(21)18(16)22-17/h1-2,4-9,12-13,17,22H,3H2. The number of benzene rings is 2. The van der Waals surface area contributed by atoms with Crippen molar-refractivity contribution in [3.05, 3.63) is 74.2 Å². The first kappa shape index (κ1) is 14.6. The second-order valence-corrected chi connectivity index (χ2v) is 7.58. The molecule has 2 aromatic rings. The summed E-state index contributed by atoms with van der Waals surface area (Å²) in [6, 6.07) is 12.5. The average Bonchev–Trinajstić information content (AvgIpc) is 3.00. The predicted molar refractivity (Wildman–Crippen MR) is 97.0 cm³/mol. The van der Waals surface area contributed by atoms with Crippen LogP contribution in [-0.4, -0.2) is 0 Å². The van der Waals surface area contributed by atoms with Crippen molar-refractivity contribution < 1.29 is 0 Å². The highest BCUT2D eigenvalue weighted by molar-refractivity contribution is 9.10. The normalized spacial score (nSPS) is 25.5. The monoisotopic (exact) mass is 393 g/mol. The van der Waals surface area contributed by atoms with Crippen LogP contribution in [0.2, 0.25) is 10.0 Å². The van der Waals surface area contributed by atoms with E-state index in [9.17, 15) is 0 Å². The fourth-order valence-electron chi connectivity index (χ4n) is 3.63. The van der Waals surface area contributed by atoms with E-state index in [4.69, 9.17) is 23.2 Å². The molecule has 1 N–H and O–H groups in total. The van der Waals surface area contributed by atoms with Gasteiger partial charge in [-0.05, 0) is 42.2 Å². The maximum Gasteiger partial charge on any atom is 0.0641 e. The van der Waals surface area contributed by atoms with Gasteiger partial charge in [-0.3, -0.25) is 0 Å². The molecule has 1 aliphatic carbocycles. The van der Waals surface area contributed by atoms with E-state index in [2.05, 4.69) is 57.7 Å². The van der Waals surface area contributed by atoms with Crippen LogP contribution in [0.5, 0.6) is 0 Å². The van der Waals surface area contributed by atoms with Crippen LogP contribution in [0.3, 0.4) is 0 Å². The van der Waals surface area contributed by atoms with Gasteiger partial charge in [0.15, 0.2) is 0 Å². The molecule has 3 atom stereocenters. The first-order valence-corrected chi connectivity index (χ1v) is 8.86. The van der Waals surface area contributed by atoms with Gasteiger partial charge in [-0.25, -0.2) is 0 Å². The van der Waals surface area contributed by atoms with Gasteiger partial charge in [0.05, 0.1) is 16.8 Å². The van der Waals surface area contributed by atoms with Gasteiger partial charge in [0.2, 0.25) is 0 Å². The van der Waals surface area contributed by atoms with Crippen LogP contribution in [-0.2, 0) is 0 Å². The van der Waals surface area contributed by atoms with E-state index in [-0.39, 0.29) is 6.04 Å². The fraction of sp³-hybridized carbons (Fsp3) is 0.222. The first-order chi connectivity index (χ1) is 10.6. The lowest BCUT2D eigenvalue weighted by molar-refractivity contribution is 0.425. The van der Waals surface area contributed by atoms with Gasteiger partial charge >= 0.3 is 0 Å². The third-order valence-electron chi connectivity index (χ3n) is 4.64. The molecule has 1 nitrogen and oxygen atoms in total. The van der Waals surface area contributed by atoms with Crippen molar-refractivity contribution in [2.24, 2.45) is 5.92 Å². The number of hydrogen-bond acceptors (Lipinski definition) is 1. The lowest BCUT2D eigenvalue weighted by atomic mass is 9.77. The average molecular weight is 395 g/mol. The minimum Gasteiger partial charge on any atom is -0.376 e. The number of fused-ring (bicyclic) bond motifs is 3. The summed E-state index contributed by atoms with van der Waals surface area (Å²) in [5, 5.41) is 5.17. The first-order valence-electron chi connectivity index (χ1n) is 7.31. The molecule has 0 saturated heterocycles. The molecule has 0 amide bonds. The summed E-state index contributed by atoms with van der Waals surface area (Å²) in [6.45, 7) is 0. The molecule has 0 saturated carbocycles. The van der Waals surface area contributed by atoms with Crippen LogP contribution in [0.25, 0.3) is 0 Å². The van der Waals surface area contributed by atoms with Crippen molar-refractivity contribution in [1.29, 1.82) is 0 Å². The number of halogens is 3. The molecule has 0 radical (unpaired) electrons. The largest absolute Gasteiger partial charge is 0.376 e. The van der Waals surface area contributed by atoms with Gasteiger partial charge in [0.1, 0.15) is 0 Å². The van der Waals surface area contributed by atoms with Crippen molar-refractivity contribution in [3.63, 3.8) is 0 Å². The molecular weight excluding hydrogens is 381 g/mol. The summed E-state index contributed by atoms with van der Waals surface area (Å²) < 4.78 is 1.09. The molecule has 1 aliphatic heterocycles. The summed E-state index contributed by atoms with van der Waals surface area (Å²) in [6.07, 6.45) is 5.59. The Bertz CT molecular complexity index is 754. The molecule has 0 bridgehead atoms. The smallest absolute Gasteiger partial charge is 0.0641 e. The van der Waals surface area contributed by atoms with Crippen molar-refractivity contribution >= 4 is 44.8 Å². The van der Waals surface area contributed by atoms with Crippen LogP contribution >= 0.6 is 39.1 Å². The number of hydrogen-bond donors (Lipinski definition) is 1. The molecule has 2 aromatic carbocycles. The lowest BCUT2D eigenvalue weighted by Crippen LogP contribution is -2.29. The van der Waals surface area contributed by atoms with Gasteiger partial charge in [0.25, 0.3) is 0 Å². The van der Waals surface area contributed by atoms with E-state index in [0.717, 1.165) is 32.2 Å². The second kappa shape index (κ2) is 5.59. The van der Waals surface area contributed by atoms with Crippen LogP contribution in [0.1, 0.15) is 29.5 Å². The predicted octanol–water partition coefficient (Wildman–Crippen LogP) is 6.58. The highest BCUT2D eigenvalue weighted by Crippen LogP contribution is 2.53. The van der Waals surface area contributed by atoms with Gasteiger partial charge in [-0.2, -0.15) is 0 Å². The third kappa shape index (κ3) is 2.29. The Balaban J connectivity index is 1.84. The minimum atomic E-state index is 0.247. The molecule has 112 valence electrons. The zero-order valence-corrected chi connectivity index (χ0v) is 14.8.